The van der Waals surface area contributed by atoms with Crippen LogP contribution in [-0.2, 0) is 22.0 Å². The molecule has 9 heteroatoms. The van der Waals surface area contributed by atoms with Crippen molar-refractivity contribution >= 4 is 22.4 Å². The van der Waals surface area contributed by atoms with Crippen LogP contribution in [0.2, 0.25) is 0 Å². The highest BCUT2D eigenvalue weighted by Gasteiger charge is 2.30. The number of sulfonamides is 1. The predicted molar refractivity (Wildman–Crippen MR) is 92.7 cm³/mol. The van der Waals surface area contributed by atoms with Crippen LogP contribution in [0, 0.1) is 0 Å². The number of halogens is 4. The van der Waals surface area contributed by atoms with Gasteiger partial charge >= 0.3 is 6.18 Å². The lowest BCUT2D eigenvalue weighted by Crippen LogP contribution is -2.32. The van der Waals surface area contributed by atoms with Gasteiger partial charge in [0.1, 0.15) is 0 Å². The highest BCUT2D eigenvalue weighted by Crippen LogP contribution is 2.29. The summed E-state index contributed by atoms with van der Waals surface area (Å²) in [6.07, 6.45) is -4.51. The molecular formula is C16H18ClF3N2O2S. The number of benzene rings is 2. The average molecular weight is 395 g/mol. The van der Waals surface area contributed by atoms with Crippen LogP contribution < -0.4 is 10.5 Å². The van der Waals surface area contributed by atoms with E-state index in [-0.39, 0.29) is 24.5 Å². The molecule has 0 aliphatic heterocycles. The Bertz CT molecular complexity index is 783. The summed E-state index contributed by atoms with van der Waals surface area (Å²) in [4.78, 5) is 0. The number of hydrogen-bond acceptors (Lipinski definition) is 3. The van der Waals surface area contributed by atoms with E-state index in [0.717, 1.165) is 17.7 Å². The fourth-order valence-electron chi connectivity index (χ4n) is 2.14. The van der Waals surface area contributed by atoms with Gasteiger partial charge in [0.2, 0.25) is 10.0 Å². The molecule has 0 aliphatic carbocycles. The second-order valence-electron chi connectivity index (χ2n) is 5.32. The van der Waals surface area contributed by atoms with Crippen molar-refractivity contribution in [3.8, 4) is 0 Å². The number of alkyl halides is 3. The summed E-state index contributed by atoms with van der Waals surface area (Å²) in [6.45, 7) is -0.0364. The highest BCUT2D eigenvalue weighted by atomic mass is 35.5. The molecule has 0 heterocycles. The van der Waals surface area contributed by atoms with Gasteiger partial charge in [-0.05, 0) is 17.2 Å². The Hall–Kier alpha value is -1.61. The molecule has 2 aromatic carbocycles. The van der Waals surface area contributed by atoms with Gasteiger partial charge in [-0.3, -0.25) is 0 Å². The zero-order chi connectivity index (χ0) is 17.8. The third-order valence-electron chi connectivity index (χ3n) is 3.36. The van der Waals surface area contributed by atoms with E-state index in [9.17, 15) is 21.6 Å². The first-order chi connectivity index (χ1) is 11.2. The smallest absolute Gasteiger partial charge is 0.323 e. The van der Waals surface area contributed by atoms with Crippen molar-refractivity contribution in [3.05, 3.63) is 71.3 Å². The van der Waals surface area contributed by atoms with Crippen molar-refractivity contribution in [2.45, 2.75) is 18.0 Å². The summed E-state index contributed by atoms with van der Waals surface area (Å²) < 4.78 is 64.4. The molecule has 0 amide bonds. The normalized spacial score (nSPS) is 13.1. The lowest BCUT2D eigenvalue weighted by molar-refractivity contribution is -0.137. The third-order valence-corrected chi connectivity index (χ3v) is 4.68. The van der Waals surface area contributed by atoms with Gasteiger partial charge in [-0.2, -0.15) is 13.2 Å². The maximum atomic E-state index is 12.7. The van der Waals surface area contributed by atoms with Gasteiger partial charge in [0, 0.05) is 12.6 Å². The van der Waals surface area contributed by atoms with Gasteiger partial charge in [0.25, 0.3) is 0 Å². The molecule has 2 aromatic rings. The van der Waals surface area contributed by atoms with Crippen molar-refractivity contribution in [2.75, 3.05) is 6.54 Å². The summed E-state index contributed by atoms with van der Waals surface area (Å²) in [5.41, 5.74) is 5.85. The van der Waals surface area contributed by atoms with Crippen LogP contribution in [0.5, 0.6) is 0 Å². The molecule has 25 heavy (non-hydrogen) atoms. The van der Waals surface area contributed by atoms with Gasteiger partial charge in [-0.15, -0.1) is 12.4 Å². The summed E-state index contributed by atoms with van der Waals surface area (Å²) in [7, 11) is -3.80. The first-order valence-corrected chi connectivity index (χ1v) is 8.76. The van der Waals surface area contributed by atoms with E-state index in [1.807, 2.05) is 6.07 Å². The van der Waals surface area contributed by atoms with Gasteiger partial charge in [0.15, 0.2) is 0 Å². The predicted octanol–water partition coefficient (Wildman–Crippen LogP) is 3.25. The molecule has 2 rings (SSSR count). The quantitative estimate of drug-likeness (QED) is 0.790. The Kier molecular flexibility index (Phi) is 7.43. The Labute approximate surface area is 150 Å². The van der Waals surface area contributed by atoms with Crippen LogP contribution in [0.3, 0.4) is 0 Å². The van der Waals surface area contributed by atoms with Crippen LogP contribution in [0.4, 0.5) is 13.2 Å². The molecular weight excluding hydrogens is 377 g/mol. The average Bonchev–Trinajstić information content (AvgIpc) is 2.52. The summed E-state index contributed by atoms with van der Waals surface area (Å²) in [5.74, 6) is -0.543. The van der Waals surface area contributed by atoms with E-state index in [2.05, 4.69) is 4.72 Å². The van der Waals surface area contributed by atoms with Crippen LogP contribution in [0.15, 0.2) is 54.6 Å². The topological polar surface area (TPSA) is 72.2 Å². The molecule has 0 saturated heterocycles. The Morgan fingerprint density at radius 3 is 2.28 bits per heavy atom. The lowest BCUT2D eigenvalue weighted by atomic mass is 10.1. The van der Waals surface area contributed by atoms with Gasteiger partial charge in [0.05, 0.1) is 11.3 Å². The first kappa shape index (κ1) is 21.4. The van der Waals surface area contributed by atoms with Crippen LogP contribution >= 0.6 is 12.4 Å². The molecule has 0 aliphatic rings. The molecule has 1 atom stereocenters. The lowest BCUT2D eigenvalue weighted by Gasteiger charge is -2.14. The molecule has 1 unspecified atom stereocenters. The standard InChI is InChI=1S/C16H17F3N2O2S.ClH/c17-16(18,19)14-8-4-5-12(9-14)11-24(22,23)21-10-15(20)13-6-2-1-3-7-13;/h1-9,15,21H,10-11,20H2;1H. The molecule has 4 nitrogen and oxygen atoms in total. The van der Waals surface area contributed by atoms with E-state index in [1.165, 1.54) is 12.1 Å². The van der Waals surface area contributed by atoms with Crippen molar-refractivity contribution in [1.82, 2.24) is 4.72 Å². The Morgan fingerprint density at radius 2 is 1.68 bits per heavy atom. The van der Waals surface area contributed by atoms with Gasteiger partial charge < -0.3 is 5.73 Å². The molecule has 0 radical (unpaired) electrons. The van der Waals surface area contributed by atoms with Crippen molar-refractivity contribution in [3.63, 3.8) is 0 Å². The van der Waals surface area contributed by atoms with E-state index in [0.29, 0.717) is 0 Å². The molecule has 3 N–H and O–H groups in total. The summed E-state index contributed by atoms with van der Waals surface area (Å²) in [5, 5.41) is 0. The number of hydrogen-bond donors (Lipinski definition) is 2. The minimum atomic E-state index is -4.51. The van der Waals surface area contributed by atoms with Crippen molar-refractivity contribution < 1.29 is 21.6 Å². The van der Waals surface area contributed by atoms with Crippen molar-refractivity contribution in [2.24, 2.45) is 5.73 Å². The summed E-state index contributed by atoms with van der Waals surface area (Å²) in [6, 6.07) is 12.6. The Morgan fingerprint density at radius 1 is 1.04 bits per heavy atom. The van der Waals surface area contributed by atoms with E-state index >= 15 is 0 Å². The summed E-state index contributed by atoms with van der Waals surface area (Å²) >= 11 is 0. The van der Waals surface area contributed by atoms with Gasteiger partial charge in [-0.25, -0.2) is 13.1 Å². The van der Waals surface area contributed by atoms with Crippen molar-refractivity contribution in [1.29, 1.82) is 0 Å². The van der Waals surface area contributed by atoms with E-state index < -0.39 is 33.6 Å². The highest BCUT2D eigenvalue weighted by molar-refractivity contribution is 7.88. The number of nitrogens with two attached hydrogens (primary N) is 1. The second kappa shape index (κ2) is 8.66. The minimum absolute atomic E-state index is 0. The Balaban J connectivity index is 0.00000312. The second-order valence-corrected chi connectivity index (χ2v) is 7.13. The molecule has 0 aromatic heterocycles. The molecule has 0 fully saturated rings. The third kappa shape index (κ3) is 6.66. The number of nitrogens with one attached hydrogen (secondary N) is 1. The van der Waals surface area contributed by atoms with Crippen LogP contribution in [-0.4, -0.2) is 15.0 Å². The zero-order valence-electron chi connectivity index (χ0n) is 13.0. The van der Waals surface area contributed by atoms with Crippen LogP contribution in [0.1, 0.15) is 22.7 Å². The van der Waals surface area contributed by atoms with E-state index in [1.54, 1.807) is 24.3 Å². The maximum Gasteiger partial charge on any atom is 0.416 e. The first-order valence-electron chi connectivity index (χ1n) is 7.11. The monoisotopic (exact) mass is 394 g/mol. The van der Waals surface area contributed by atoms with Crippen LogP contribution in [0.25, 0.3) is 0 Å². The largest absolute Gasteiger partial charge is 0.416 e. The molecule has 0 saturated carbocycles. The number of rotatable bonds is 6. The minimum Gasteiger partial charge on any atom is -0.323 e. The maximum absolute atomic E-state index is 12.7. The molecule has 138 valence electrons. The van der Waals surface area contributed by atoms with Gasteiger partial charge in [-0.1, -0.05) is 48.5 Å². The fraction of sp³-hybridized carbons (Fsp3) is 0.250. The van der Waals surface area contributed by atoms with E-state index in [4.69, 9.17) is 5.73 Å². The molecule has 0 bridgehead atoms. The molecule has 0 spiro atoms. The fourth-order valence-corrected chi connectivity index (χ4v) is 3.30. The zero-order valence-corrected chi connectivity index (χ0v) is 14.7. The SMILES string of the molecule is Cl.NC(CNS(=O)(=O)Cc1cccc(C(F)(F)F)c1)c1ccccc1.